The molecular formula is C14H18N6O4S. The maximum Gasteiger partial charge on any atom is 0.425 e. The molecule has 1 saturated heterocycles. The Labute approximate surface area is 149 Å². The van der Waals surface area contributed by atoms with Crippen molar-refractivity contribution in [1.82, 2.24) is 15.6 Å². The number of nitrogens with one attached hydrogen (secondary N) is 3. The SMILES string of the molecule is Nc1cccnc1NC(=S)NCCC[N+]1(CC(=O)[O-])C(=O)CNC1=O. The Kier molecular flexibility index (Phi) is 5.83. The molecule has 1 aromatic rings. The van der Waals surface area contributed by atoms with E-state index in [9.17, 15) is 19.5 Å². The van der Waals surface area contributed by atoms with Crippen LogP contribution in [0.3, 0.4) is 0 Å². The highest BCUT2D eigenvalue weighted by Crippen LogP contribution is 2.15. The van der Waals surface area contributed by atoms with Gasteiger partial charge in [0.05, 0.1) is 18.2 Å². The average Bonchev–Trinajstić information content (AvgIpc) is 2.82. The first kappa shape index (κ1) is 18.5. The smallest absolute Gasteiger partial charge is 0.425 e. The van der Waals surface area contributed by atoms with E-state index in [0.29, 0.717) is 24.5 Å². The van der Waals surface area contributed by atoms with E-state index in [1.54, 1.807) is 18.3 Å². The molecule has 0 bridgehead atoms. The first-order valence-corrected chi connectivity index (χ1v) is 7.90. The van der Waals surface area contributed by atoms with Crippen LogP contribution in [0.15, 0.2) is 18.3 Å². The number of pyridine rings is 1. The van der Waals surface area contributed by atoms with Crippen LogP contribution in [-0.4, -0.2) is 58.7 Å². The molecule has 25 heavy (non-hydrogen) atoms. The van der Waals surface area contributed by atoms with E-state index in [1.165, 1.54) is 0 Å². The van der Waals surface area contributed by atoms with Gasteiger partial charge in [0.1, 0.15) is 13.1 Å². The predicted molar refractivity (Wildman–Crippen MR) is 90.9 cm³/mol. The molecule has 3 amide bonds. The topological polar surface area (TPSA) is 149 Å². The van der Waals surface area contributed by atoms with E-state index < -0.39 is 28.9 Å². The first-order chi connectivity index (χ1) is 11.8. The number of nitrogens with two attached hydrogens (primary N) is 1. The second-order valence-electron chi connectivity index (χ2n) is 5.45. The molecule has 1 aliphatic rings. The number of anilines is 2. The van der Waals surface area contributed by atoms with Gasteiger partial charge in [-0.25, -0.2) is 14.6 Å². The molecule has 1 fully saturated rings. The van der Waals surface area contributed by atoms with E-state index >= 15 is 0 Å². The van der Waals surface area contributed by atoms with Crippen molar-refractivity contribution in [3.8, 4) is 0 Å². The number of imide groups is 1. The molecular weight excluding hydrogens is 348 g/mol. The van der Waals surface area contributed by atoms with Crippen molar-refractivity contribution in [2.45, 2.75) is 6.42 Å². The van der Waals surface area contributed by atoms with E-state index in [-0.39, 0.29) is 18.2 Å². The number of nitrogens with zero attached hydrogens (tertiary/aromatic N) is 2. The third kappa shape index (κ3) is 4.39. The zero-order valence-electron chi connectivity index (χ0n) is 13.3. The molecule has 11 heteroatoms. The number of carbonyl (C=O) groups is 3. The average molecular weight is 366 g/mol. The summed E-state index contributed by atoms with van der Waals surface area (Å²) in [5.41, 5.74) is 6.18. The number of nitrogen functional groups attached to an aromatic ring is 1. The molecule has 1 aromatic heterocycles. The van der Waals surface area contributed by atoms with E-state index in [0.717, 1.165) is 0 Å². The van der Waals surface area contributed by atoms with Crippen LogP contribution < -0.4 is 26.8 Å². The molecule has 1 atom stereocenters. The fourth-order valence-electron chi connectivity index (χ4n) is 2.48. The minimum Gasteiger partial charge on any atom is -0.544 e. The lowest BCUT2D eigenvalue weighted by Crippen LogP contribution is -2.59. The Morgan fingerprint density at radius 1 is 1.48 bits per heavy atom. The summed E-state index contributed by atoms with van der Waals surface area (Å²) in [6.45, 7) is -0.511. The summed E-state index contributed by atoms with van der Waals surface area (Å²) >= 11 is 5.11. The highest BCUT2D eigenvalue weighted by atomic mass is 32.1. The Bertz CT molecular complexity index is 694. The maximum absolute atomic E-state index is 12.0. The number of aliphatic carboxylic acids is 1. The number of carbonyl (C=O) groups excluding carboxylic acids is 3. The molecule has 1 unspecified atom stereocenters. The van der Waals surface area contributed by atoms with Crippen LogP contribution in [0.25, 0.3) is 0 Å². The number of hydrogen-bond donors (Lipinski definition) is 4. The molecule has 2 heterocycles. The van der Waals surface area contributed by atoms with Crippen LogP contribution in [0.1, 0.15) is 6.42 Å². The lowest BCUT2D eigenvalue weighted by Gasteiger charge is -2.27. The van der Waals surface area contributed by atoms with Gasteiger partial charge in [0.15, 0.2) is 10.9 Å². The second-order valence-corrected chi connectivity index (χ2v) is 5.86. The molecule has 0 aromatic carbocycles. The van der Waals surface area contributed by atoms with Crippen LogP contribution in [0.4, 0.5) is 16.3 Å². The molecule has 134 valence electrons. The van der Waals surface area contributed by atoms with Gasteiger partial charge in [-0.05, 0) is 24.4 Å². The summed E-state index contributed by atoms with van der Waals surface area (Å²) in [5, 5.41) is 19.3. The van der Waals surface area contributed by atoms with Gasteiger partial charge in [-0.15, -0.1) is 0 Å². The standard InChI is InChI=1S/C14H18N6O4S/c15-9-3-1-4-16-12(9)19-13(25)17-5-2-6-20(8-11(22)23)10(21)7-18-14(20)24/h1,3-4H,2,5-8,15H2,(H3-,16,17,18,19,22,23,24,25). The quantitative estimate of drug-likeness (QED) is 0.189. The monoisotopic (exact) mass is 366 g/mol. The van der Waals surface area contributed by atoms with Gasteiger partial charge >= 0.3 is 11.9 Å². The molecule has 0 radical (unpaired) electrons. The van der Waals surface area contributed by atoms with Crippen molar-refractivity contribution in [1.29, 1.82) is 0 Å². The normalized spacial score (nSPS) is 19.4. The van der Waals surface area contributed by atoms with Gasteiger partial charge in [0.25, 0.3) is 0 Å². The van der Waals surface area contributed by atoms with Crippen molar-refractivity contribution in [3.05, 3.63) is 18.3 Å². The molecule has 5 N–H and O–H groups in total. The zero-order valence-corrected chi connectivity index (χ0v) is 14.1. The van der Waals surface area contributed by atoms with E-state index in [4.69, 9.17) is 18.0 Å². The highest BCUT2D eigenvalue weighted by Gasteiger charge is 2.49. The Morgan fingerprint density at radius 3 is 2.84 bits per heavy atom. The number of carboxylic acids is 1. The number of rotatable bonds is 7. The molecule has 10 nitrogen and oxygen atoms in total. The van der Waals surface area contributed by atoms with Crippen molar-refractivity contribution in [3.63, 3.8) is 0 Å². The number of carboxylic acid groups (broad SMARTS) is 1. The highest BCUT2D eigenvalue weighted by molar-refractivity contribution is 7.80. The van der Waals surface area contributed by atoms with Crippen molar-refractivity contribution in [2.75, 3.05) is 37.2 Å². The lowest BCUT2D eigenvalue weighted by molar-refractivity contribution is -0.762. The van der Waals surface area contributed by atoms with E-state index in [2.05, 4.69) is 20.9 Å². The molecule has 0 aliphatic carbocycles. The number of aromatic nitrogens is 1. The third-order valence-corrected chi connectivity index (χ3v) is 3.98. The molecule has 1 aliphatic heterocycles. The minimum absolute atomic E-state index is 0.0278. The third-order valence-electron chi connectivity index (χ3n) is 3.73. The van der Waals surface area contributed by atoms with Crippen LogP contribution >= 0.6 is 12.2 Å². The van der Waals surface area contributed by atoms with Gasteiger partial charge in [0.2, 0.25) is 0 Å². The minimum atomic E-state index is -1.46. The molecule has 0 saturated carbocycles. The number of urea groups is 1. The predicted octanol–water partition coefficient (Wildman–Crippen LogP) is -1.84. The molecule has 2 rings (SSSR count). The number of amides is 3. The number of thiocarbonyl (C=S) groups is 1. The largest absolute Gasteiger partial charge is 0.544 e. The van der Waals surface area contributed by atoms with Crippen LogP contribution in [0.5, 0.6) is 0 Å². The van der Waals surface area contributed by atoms with Crippen LogP contribution in [0, 0.1) is 0 Å². The summed E-state index contributed by atoms with van der Waals surface area (Å²) < 4.78 is -0.794. The summed E-state index contributed by atoms with van der Waals surface area (Å²) in [6.07, 6.45) is 1.90. The van der Waals surface area contributed by atoms with Gasteiger partial charge in [0, 0.05) is 19.2 Å². The van der Waals surface area contributed by atoms with Crippen LogP contribution in [0.2, 0.25) is 0 Å². The van der Waals surface area contributed by atoms with E-state index in [1.807, 2.05) is 0 Å². The lowest BCUT2D eigenvalue weighted by atomic mass is 10.3. The second kappa shape index (κ2) is 7.85. The number of hydrogen-bond acceptors (Lipinski definition) is 7. The van der Waals surface area contributed by atoms with Gasteiger partial charge in [-0.1, -0.05) is 0 Å². The summed E-state index contributed by atoms with van der Waals surface area (Å²) in [6, 6.07) is 2.73. The van der Waals surface area contributed by atoms with Crippen molar-refractivity contribution >= 4 is 46.7 Å². The van der Waals surface area contributed by atoms with Crippen molar-refractivity contribution in [2.24, 2.45) is 0 Å². The summed E-state index contributed by atoms with van der Waals surface area (Å²) in [4.78, 5) is 38.8. The first-order valence-electron chi connectivity index (χ1n) is 7.49. The Balaban J connectivity index is 1.85. The van der Waals surface area contributed by atoms with Gasteiger partial charge in [-0.2, -0.15) is 4.48 Å². The van der Waals surface area contributed by atoms with Gasteiger partial charge < -0.3 is 26.3 Å². The zero-order chi connectivity index (χ0) is 18.4. The summed E-state index contributed by atoms with van der Waals surface area (Å²) in [7, 11) is 0. The number of quaternary nitrogens is 1. The Morgan fingerprint density at radius 2 is 2.24 bits per heavy atom. The summed E-state index contributed by atoms with van der Waals surface area (Å²) in [5.74, 6) is -1.54. The van der Waals surface area contributed by atoms with Crippen molar-refractivity contribution < 1.29 is 24.0 Å². The van der Waals surface area contributed by atoms with Gasteiger partial charge in [-0.3, -0.25) is 5.32 Å². The van der Waals surface area contributed by atoms with Crippen LogP contribution in [-0.2, 0) is 9.59 Å². The molecule has 0 spiro atoms. The fraction of sp³-hybridized carbons (Fsp3) is 0.357. The Hall–Kier alpha value is -2.79. The fourth-order valence-corrected chi connectivity index (χ4v) is 2.68. The maximum atomic E-state index is 12.0.